The third-order valence-corrected chi connectivity index (χ3v) is 3.80. The number of nitrogens with two attached hydrogens (primary N) is 1. The van der Waals surface area contributed by atoms with E-state index in [4.69, 9.17) is 10.5 Å². The molecular formula is C16H24N4O. The van der Waals surface area contributed by atoms with Crippen LogP contribution in [-0.2, 0) is 13.0 Å². The Morgan fingerprint density at radius 3 is 2.76 bits per heavy atom. The number of nitrogen functional groups attached to an aromatic ring is 1. The normalized spacial score (nSPS) is 12.6. The second-order valence-corrected chi connectivity index (χ2v) is 5.35. The number of hydrogen-bond donors (Lipinski definition) is 1. The van der Waals surface area contributed by atoms with Crippen molar-refractivity contribution in [2.24, 2.45) is 0 Å². The molecule has 21 heavy (non-hydrogen) atoms. The van der Waals surface area contributed by atoms with Crippen molar-refractivity contribution in [1.29, 1.82) is 0 Å². The van der Waals surface area contributed by atoms with E-state index in [0.717, 1.165) is 25.3 Å². The van der Waals surface area contributed by atoms with E-state index >= 15 is 0 Å². The predicted molar refractivity (Wildman–Crippen MR) is 85.4 cm³/mol. The number of rotatable bonds is 7. The van der Waals surface area contributed by atoms with Gasteiger partial charge in [0, 0.05) is 18.8 Å². The van der Waals surface area contributed by atoms with E-state index in [0.29, 0.717) is 11.9 Å². The third-order valence-electron chi connectivity index (χ3n) is 3.80. The maximum absolute atomic E-state index is 5.62. The summed E-state index contributed by atoms with van der Waals surface area (Å²) in [6, 6.07) is 10.4. The molecule has 1 aromatic carbocycles. The minimum atomic E-state index is 0.425. The monoisotopic (exact) mass is 288 g/mol. The zero-order valence-electron chi connectivity index (χ0n) is 13.0. The molecule has 1 atom stereocenters. The molecule has 0 spiro atoms. The molecule has 2 aromatic rings. The maximum Gasteiger partial charge on any atom is 0.145 e. The van der Waals surface area contributed by atoms with E-state index < -0.39 is 0 Å². The molecule has 0 radical (unpaired) electrons. The van der Waals surface area contributed by atoms with Crippen LogP contribution in [0.4, 0.5) is 5.82 Å². The Morgan fingerprint density at radius 2 is 2.10 bits per heavy atom. The fourth-order valence-electron chi connectivity index (χ4n) is 2.33. The summed E-state index contributed by atoms with van der Waals surface area (Å²) in [5.74, 6) is 1.53. The van der Waals surface area contributed by atoms with Crippen molar-refractivity contribution in [2.75, 3.05) is 26.4 Å². The van der Waals surface area contributed by atoms with Gasteiger partial charge in [-0.05, 0) is 38.1 Å². The first-order valence-electron chi connectivity index (χ1n) is 7.21. The highest BCUT2D eigenvalue weighted by Gasteiger charge is 2.12. The zero-order chi connectivity index (χ0) is 15.2. The molecule has 0 aliphatic heterocycles. The van der Waals surface area contributed by atoms with Gasteiger partial charge in [0.05, 0.1) is 13.7 Å². The van der Waals surface area contributed by atoms with Gasteiger partial charge in [-0.15, -0.1) is 0 Å². The first kappa shape index (κ1) is 15.4. The number of para-hydroxylation sites is 1. The maximum atomic E-state index is 5.62. The molecule has 2 N–H and O–H groups in total. The van der Waals surface area contributed by atoms with Gasteiger partial charge in [-0.3, -0.25) is 4.68 Å². The van der Waals surface area contributed by atoms with E-state index in [1.165, 1.54) is 5.56 Å². The minimum absolute atomic E-state index is 0.425. The first-order chi connectivity index (χ1) is 10.1. The molecule has 0 fully saturated rings. The Kier molecular flexibility index (Phi) is 5.22. The fourth-order valence-corrected chi connectivity index (χ4v) is 2.33. The number of hydrogen-bond acceptors (Lipinski definition) is 4. The van der Waals surface area contributed by atoms with E-state index in [9.17, 15) is 0 Å². The van der Waals surface area contributed by atoms with Crippen LogP contribution in [-0.4, -0.2) is 41.4 Å². The van der Waals surface area contributed by atoms with Gasteiger partial charge in [0.1, 0.15) is 11.6 Å². The number of ether oxygens (including phenoxy) is 1. The molecular weight excluding hydrogens is 264 g/mol. The van der Waals surface area contributed by atoms with Crippen LogP contribution in [0.15, 0.2) is 36.5 Å². The number of benzene rings is 1. The summed E-state index contributed by atoms with van der Waals surface area (Å²) < 4.78 is 7.29. The average Bonchev–Trinajstić information content (AvgIpc) is 2.91. The number of likely N-dealkylation sites (N-methyl/N-ethyl adjacent to an activating group) is 1. The standard InChI is InChI=1S/C16H24N4O/c1-13(12-14-6-4-5-7-15(14)21-3)19(2)10-11-20-9-8-16(17)18-20/h4-9,13H,10-12H2,1-3H3,(H2,17,18). The van der Waals surface area contributed by atoms with E-state index in [2.05, 4.69) is 36.1 Å². The summed E-state index contributed by atoms with van der Waals surface area (Å²) >= 11 is 0. The Morgan fingerprint density at radius 1 is 1.33 bits per heavy atom. The zero-order valence-corrected chi connectivity index (χ0v) is 13.0. The lowest BCUT2D eigenvalue weighted by Gasteiger charge is -2.25. The van der Waals surface area contributed by atoms with Crippen LogP contribution >= 0.6 is 0 Å². The number of anilines is 1. The van der Waals surface area contributed by atoms with Gasteiger partial charge in [0.25, 0.3) is 0 Å². The van der Waals surface area contributed by atoms with Gasteiger partial charge in [0.15, 0.2) is 0 Å². The number of aromatic nitrogens is 2. The lowest BCUT2D eigenvalue weighted by Crippen LogP contribution is -2.33. The lowest BCUT2D eigenvalue weighted by atomic mass is 10.1. The first-order valence-corrected chi connectivity index (χ1v) is 7.21. The Bertz CT molecular complexity index is 567. The molecule has 1 heterocycles. The second kappa shape index (κ2) is 7.13. The van der Waals surface area contributed by atoms with E-state index in [-0.39, 0.29) is 0 Å². The summed E-state index contributed by atoms with van der Waals surface area (Å²) in [6.45, 7) is 3.99. The van der Waals surface area contributed by atoms with Crippen molar-refractivity contribution >= 4 is 5.82 Å². The Hall–Kier alpha value is -2.01. The van der Waals surface area contributed by atoms with Crippen molar-refractivity contribution in [2.45, 2.75) is 25.9 Å². The molecule has 0 saturated carbocycles. The summed E-state index contributed by atoms with van der Waals surface area (Å²) in [5.41, 5.74) is 6.86. The minimum Gasteiger partial charge on any atom is -0.496 e. The largest absolute Gasteiger partial charge is 0.496 e. The van der Waals surface area contributed by atoms with Gasteiger partial charge in [-0.25, -0.2) is 0 Å². The summed E-state index contributed by atoms with van der Waals surface area (Å²) in [7, 11) is 3.85. The number of nitrogens with zero attached hydrogens (tertiary/aromatic N) is 3. The highest BCUT2D eigenvalue weighted by atomic mass is 16.5. The van der Waals surface area contributed by atoms with Crippen molar-refractivity contribution in [1.82, 2.24) is 14.7 Å². The summed E-state index contributed by atoms with van der Waals surface area (Å²) in [5, 5.41) is 4.20. The molecule has 1 unspecified atom stereocenters. The molecule has 0 amide bonds. The molecule has 5 nitrogen and oxygen atoms in total. The molecule has 0 saturated heterocycles. The van der Waals surface area contributed by atoms with Crippen molar-refractivity contribution in [3.63, 3.8) is 0 Å². The second-order valence-electron chi connectivity index (χ2n) is 5.35. The SMILES string of the molecule is COc1ccccc1CC(C)N(C)CCn1ccc(N)n1. The van der Waals surface area contributed by atoms with Crippen LogP contribution in [0.5, 0.6) is 5.75 Å². The average molecular weight is 288 g/mol. The molecule has 0 bridgehead atoms. The Labute approximate surface area is 126 Å². The molecule has 1 aromatic heterocycles. The van der Waals surface area contributed by atoms with Gasteiger partial charge in [-0.1, -0.05) is 18.2 Å². The van der Waals surface area contributed by atoms with Crippen LogP contribution < -0.4 is 10.5 Å². The molecule has 0 aliphatic carbocycles. The summed E-state index contributed by atoms with van der Waals surface area (Å²) in [4.78, 5) is 2.32. The van der Waals surface area contributed by atoms with Gasteiger partial charge >= 0.3 is 0 Å². The van der Waals surface area contributed by atoms with Crippen LogP contribution in [0.25, 0.3) is 0 Å². The van der Waals surface area contributed by atoms with Crippen LogP contribution in [0.1, 0.15) is 12.5 Å². The molecule has 0 aliphatic rings. The highest BCUT2D eigenvalue weighted by molar-refractivity contribution is 5.33. The molecule has 114 valence electrons. The van der Waals surface area contributed by atoms with Crippen molar-refractivity contribution < 1.29 is 4.74 Å². The third kappa shape index (κ3) is 4.23. The molecule has 2 rings (SSSR count). The fraction of sp³-hybridized carbons (Fsp3) is 0.438. The predicted octanol–water partition coefficient (Wildman–Crippen LogP) is 2.04. The van der Waals surface area contributed by atoms with Crippen molar-refractivity contribution in [3.8, 4) is 5.75 Å². The van der Waals surface area contributed by atoms with Gasteiger partial charge < -0.3 is 15.4 Å². The van der Waals surface area contributed by atoms with E-state index in [1.807, 2.05) is 29.1 Å². The van der Waals surface area contributed by atoms with Crippen LogP contribution in [0.3, 0.4) is 0 Å². The highest BCUT2D eigenvalue weighted by Crippen LogP contribution is 2.20. The Balaban J connectivity index is 1.88. The van der Waals surface area contributed by atoms with Gasteiger partial charge in [0.2, 0.25) is 0 Å². The lowest BCUT2D eigenvalue weighted by molar-refractivity contribution is 0.241. The van der Waals surface area contributed by atoms with Crippen LogP contribution in [0, 0.1) is 0 Å². The van der Waals surface area contributed by atoms with Crippen molar-refractivity contribution in [3.05, 3.63) is 42.1 Å². The summed E-state index contributed by atoms with van der Waals surface area (Å²) in [6.07, 6.45) is 2.87. The topological polar surface area (TPSA) is 56.3 Å². The van der Waals surface area contributed by atoms with Crippen LogP contribution in [0.2, 0.25) is 0 Å². The van der Waals surface area contributed by atoms with E-state index in [1.54, 1.807) is 7.11 Å². The molecule has 5 heteroatoms. The quantitative estimate of drug-likeness (QED) is 0.847. The smallest absolute Gasteiger partial charge is 0.145 e. The number of methoxy groups -OCH3 is 1. The van der Waals surface area contributed by atoms with Gasteiger partial charge in [-0.2, -0.15) is 5.10 Å².